The highest BCUT2D eigenvalue weighted by molar-refractivity contribution is 7.99. The van der Waals surface area contributed by atoms with Crippen molar-refractivity contribution in [1.29, 1.82) is 0 Å². The molecule has 0 aliphatic heterocycles. The Hall–Kier alpha value is -1.79. The lowest BCUT2D eigenvalue weighted by Gasteiger charge is -2.08. The van der Waals surface area contributed by atoms with Crippen molar-refractivity contribution >= 4 is 35.0 Å². The number of nitrogens with one attached hydrogen (secondary N) is 1. The van der Waals surface area contributed by atoms with Gasteiger partial charge >= 0.3 is 0 Å². The molecule has 23 heavy (non-hydrogen) atoms. The molecule has 0 unspecified atom stereocenters. The molecule has 2 rings (SSSR count). The number of ether oxygens (including phenoxy) is 1. The minimum atomic E-state index is -0.469. The largest absolute Gasteiger partial charge is 0.494 e. The molecule has 0 aliphatic rings. The summed E-state index contributed by atoms with van der Waals surface area (Å²) in [4.78, 5) is 11.8. The molecule has 0 saturated heterocycles. The van der Waals surface area contributed by atoms with E-state index in [0.717, 1.165) is 11.6 Å². The Morgan fingerprint density at radius 1 is 1.26 bits per heavy atom. The second kappa shape index (κ2) is 8.17. The van der Waals surface area contributed by atoms with Crippen LogP contribution in [-0.4, -0.2) is 18.8 Å². The molecule has 0 fully saturated rings. The predicted molar refractivity (Wildman–Crippen MR) is 89.2 cm³/mol. The zero-order chi connectivity index (χ0) is 16.8. The van der Waals surface area contributed by atoms with Crippen LogP contribution in [0.2, 0.25) is 5.02 Å². The smallest absolute Gasteiger partial charge is 0.234 e. The van der Waals surface area contributed by atoms with Gasteiger partial charge in [0.15, 0.2) is 11.6 Å². The standard InChI is InChI=1S/C16H14ClF2NO2S/c1-22-15-5-2-10(6-13(15)19)8-23-9-16(21)20-14-4-3-11(18)7-12(14)17/h2-7H,8-9H2,1H3,(H,20,21). The molecule has 3 nitrogen and oxygen atoms in total. The van der Waals surface area contributed by atoms with Crippen LogP contribution < -0.4 is 10.1 Å². The highest BCUT2D eigenvalue weighted by Crippen LogP contribution is 2.23. The van der Waals surface area contributed by atoms with E-state index in [2.05, 4.69) is 5.32 Å². The number of benzene rings is 2. The highest BCUT2D eigenvalue weighted by Gasteiger charge is 2.08. The molecule has 1 N–H and O–H groups in total. The van der Waals surface area contributed by atoms with Crippen molar-refractivity contribution < 1.29 is 18.3 Å². The molecule has 0 saturated carbocycles. The Kier molecular flexibility index (Phi) is 6.24. The summed E-state index contributed by atoms with van der Waals surface area (Å²) >= 11 is 7.16. The average molecular weight is 358 g/mol. The third kappa shape index (κ3) is 5.11. The fraction of sp³-hybridized carbons (Fsp3) is 0.188. The average Bonchev–Trinajstić information content (AvgIpc) is 2.50. The molecule has 2 aromatic rings. The summed E-state index contributed by atoms with van der Waals surface area (Å²) < 4.78 is 31.3. The molecule has 0 radical (unpaired) electrons. The van der Waals surface area contributed by atoms with E-state index in [4.69, 9.17) is 16.3 Å². The molecule has 0 aliphatic carbocycles. The highest BCUT2D eigenvalue weighted by atomic mass is 35.5. The maximum atomic E-state index is 13.5. The normalized spacial score (nSPS) is 10.4. The van der Waals surface area contributed by atoms with Crippen molar-refractivity contribution in [2.45, 2.75) is 5.75 Å². The zero-order valence-electron chi connectivity index (χ0n) is 12.2. The van der Waals surface area contributed by atoms with Gasteiger partial charge in [-0.3, -0.25) is 4.79 Å². The summed E-state index contributed by atoms with van der Waals surface area (Å²) in [6, 6.07) is 8.41. The summed E-state index contributed by atoms with van der Waals surface area (Å²) in [7, 11) is 1.40. The molecule has 0 aromatic heterocycles. The van der Waals surface area contributed by atoms with E-state index in [-0.39, 0.29) is 22.4 Å². The van der Waals surface area contributed by atoms with Crippen LogP contribution in [0, 0.1) is 11.6 Å². The molecule has 122 valence electrons. The number of thioether (sulfide) groups is 1. The first-order valence-electron chi connectivity index (χ1n) is 6.64. The third-order valence-corrected chi connectivity index (χ3v) is 4.24. The minimum Gasteiger partial charge on any atom is -0.494 e. The van der Waals surface area contributed by atoms with Crippen molar-refractivity contribution in [3.63, 3.8) is 0 Å². The number of carbonyl (C=O) groups is 1. The molecule has 0 spiro atoms. The summed E-state index contributed by atoms with van der Waals surface area (Å²) in [5.41, 5.74) is 1.11. The van der Waals surface area contributed by atoms with Crippen LogP contribution in [0.3, 0.4) is 0 Å². The SMILES string of the molecule is COc1ccc(CSCC(=O)Nc2ccc(F)cc2Cl)cc1F. The summed E-state index contributed by atoms with van der Waals surface area (Å²) in [6.07, 6.45) is 0. The number of hydrogen-bond donors (Lipinski definition) is 1. The number of halogens is 3. The molecular weight excluding hydrogens is 344 g/mol. The van der Waals surface area contributed by atoms with E-state index in [9.17, 15) is 13.6 Å². The van der Waals surface area contributed by atoms with E-state index in [1.54, 1.807) is 12.1 Å². The van der Waals surface area contributed by atoms with E-state index in [1.165, 1.54) is 37.1 Å². The molecule has 2 aromatic carbocycles. The van der Waals surface area contributed by atoms with Crippen LogP contribution in [0.25, 0.3) is 0 Å². The fourth-order valence-electron chi connectivity index (χ4n) is 1.84. The maximum Gasteiger partial charge on any atom is 0.234 e. The lowest BCUT2D eigenvalue weighted by molar-refractivity contribution is -0.113. The number of amides is 1. The van der Waals surface area contributed by atoms with E-state index >= 15 is 0 Å². The van der Waals surface area contributed by atoms with E-state index in [1.807, 2.05) is 0 Å². The topological polar surface area (TPSA) is 38.3 Å². The van der Waals surface area contributed by atoms with Crippen LogP contribution in [0.5, 0.6) is 5.75 Å². The lowest BCUT2D eigenvalue weighted by Crippen LogP contribution is -2.14. The van der Waals surface area contributed by atoms with Crippen LogP contribution in [0.1, 0.15) is 5.56 Å². The lowest BCUT2D eigenvalue weighted by atomic mass is 10.2. The molecule has 0 heterocycles. The Balaban J connectivity index is 1.84. The van der Waals surface area contributed by atoms with Crippen LogP contribution in [0.4, 0.5) is 14.5 Å². The van der Waals surface area contributed by atoms with Gasteiger partial charge in [-0.2, -0.15) is 0 Å². The van der Waals surface area contributed by atoms with Gasteiger partial charge in [0.2, 0.25) is 5.91 Å². The first kappa shape index (κ1) is 17.6. The number of anilines is 1. The molecule has 0 atom stereocenters. The van der Waals surface area contributed by atoms with Gasteiger partial charge in [-0.1, -0.05) is 17.7 Å². The van der Waals surface area contributed by atoms with Gasteiger partial charge in [0.05, 0.1) is 23.6 Å². The van der Waals surface area contributed by atoms with Crippen molar-refractivity contribution in [3.8, 4) is 5.75 Å². The van der Waals surface area contributed by atoms with Crippen molar-refractivity contribution in [3.05, 3.63) is 58.6 Å². The zero-order valence-corrected chi connectivity index (χ0v) is 13.8. The van der Waals surface area contributed by atoms with Gasteiger partial charge in [-0.15, -0.1) is 11.8 Å². The Morgan fingerprint density at radius 2 is 2.04 bits per heavy atom. The maximum absolute atomic E-state index is 13.5. The van der Waals surface area contributed by atoms with Crippen molar-refractivity contribution in [2.24, 2.45) is 0 Å². The Labute approximate surface area is 142 Å². The van der Waals surface area contributed by atoms with Gasteiger partial charge in [-0.25, -0.2) is 8.78 Å². The first-order chi connectivity index (χ1) is 11.0. The second-order valence-corrected chi connectivity index (χ2v) is 6.03. The van der Waals surface area contributed by atoms with Crippen LogP contribution in [0.15, 0.2) is 36.4 Å². The van der Waals surface area contributed by atoms with Crippen LogP contribution in [-0.2, 0) is 10.5 Å². The van der Waals surface area contributed by atoms with E-state index in [0.29, 0.717) is 11.4 Å². The summed E-state index contributed by atoms with van der Waals surface area (Å²) in [5.74, 6) is -0.343. The molecule has 7 heteroatoms. The second-order valence-electron chi connectivity index (χ2n) is 4.63. The third-order valence-electron chi connectivity index (χ3n) is 2.92. The predicted octanol–water partition coefficient (Wildman–Crippen LogP) is 4.50. The fourth-order valence-corrected chi connectivity index (χ4v) is 2.83. The van der Waals surface area contributed by atoms with E-state index < -0.39 is 11.6 Å². The molecule has 0 bridgehead atoms. The Bertz CT molecular complexity index is 712. The number of methoxy groups -OCH3 is 1. The molecular formula is C16H14ClF2NO2S. The van der Waals surface area contributed by atoms with Crippen molar-refractivity contribution in [1.82, 2.24) is 0 Å². The quantitative estimate of drug-likeness (QED) is 0.827. The summed E-state index contributed by atoms with van der Waals surface area (Å²) in [6.45, 7) is 0. The summed E-state index contributed by atoms with van der Waals surface area (Å²) in [5, 5.41) is 2.74. The molecule has 1 amide bonds. The number of rotatable bonds is 6. The monoisotopic (exact) mass is 357 g/mol. The van der Waals surface area contributed by atoms with Gasteiger partial charge in [0, 0.05) is 5.75 Å². The first-order valence-corrected chi connectivity index (χ1v) is 8.18. The number of carbonyl (C=O) groups excluding carboxylic acids is 1. The van der Waals surface area contributed by atoms with Gasteiger partial charge in [0.1, 0.15) is 5.82 Å². The van der Waals surface area contributed by atoms with Crippen LogP contribution >= 0.6 is 23.4 Å². The minimum absolute atomic E-state index is 0.139. The van der Waals surface area contributed by atoms with Gasteiger partial charge < -0.3 is 10.1 Å². The van der Waals surface area contributed by atoms with Gasteiger partial charge in [-0.05, 0) is 35.9 Å². The van der Waals surface area contributed by atoms with Gasteiger partial charge in [0.25, 0.3) is 0 Å². The Morgan fingerprint density at radius 3 is 2.70 bits per heavy atom. The van der Waals surface area contributed by atoms with Crippen molar-refractivity contribution in [2.75, 3.05) is 18.2 Å². The number of hydrogen-bond acceptors (Lipinski definition) is 3.